The minimum atomic E-state index is -0.136. The highest BCUT2D eigenvalue weighted by atomic mass is 16.5. The van der Waals surface area contributed by atoms with Crippen molar-refractivity contribution in [3.05, 3.63) is 36.9 Å². The fraction of sp³-hybridized carbons (Fsp3) is 0.308. The monoisotopic (exact) mass is 235 g/mol. The van der Waals surface area contributed by atoms with E-state index in [1.807, 2.05) is 0 Å². The smallest absolute Gasteiger partial charge is 0.257 e. The lowest BCUT2D eigenvalue weighted by Gasteiger charge is -2.07. The molecule has 0 aliphatic carbocycles. The highest BCUT2D eigenvalue weighted by molar-refractivity contribution is 5.77. The van der Waals surface area contributed by atoms with Crippen molar-refractivity contribution in [2.24, 2.45) is 0 Å². The SMILES string of the molecule is C=CCCNC(=O)COc1ccc(OC)cc1. The van der Waals surface area contributed by atoms with Gasteiger partial charge in [0.2, 0.25) is 0 Å². The molecule has 92 valence electrons. The van der Waals surface area contributed by atoms with Crippen LogP contribution in [0.1, 0.15) is 6.42 Å². The predicted molar refractivity (Wildman–Crippen MR) is 66.3 cm³/mol. The first-order valence-corrected chi connectivity index (χ1v) is 5.40. The standard InChI is InChI=1S/C13H17NO3/c1-3-4-9-14-13(15)10-17-12-7-5-11(16-2)6-8-12/h3,5-8H,1,4,9-10H2,2H3,(H,14,15). The molecule has 1 rings (SSSR count). The van der Waals surface area contributed by atoms with Gasteiger partial charge in [0.1, 0.15) is 11.5 Å². The van der Waals surface area contributed by atoms with Gasteiger partial charge in [-0.05, 0) is 30.7 Å². The molecule has 0 unspecified atom stereocenters. The fourth-order valence-electron chi connectivity index (χ4n) is 1.19. The van der Waals surface area contributed by atoms with Gasteiger partial charge in [-0.1, -0.05) is 6.08 Å². The van der Waals surface area contributed by atoms with Crippen molar-refractivity contribution >= 4 is 5.91 Å². The Kier molecular flexibility index (Phi) is 5.64. The molecule has 0 aromatic heterocycles. The van der Waals surface area contributed by atoms with Gasteiger partial charge in [0.15, 0.2) is 6.61 Å². The van der Waals surface area contributed by atoms with Crippen LogP contribution in [0.3, 0.4) is 0 Å². The first-order chi connectivity index (χ1) is 8.26. The number of amides is 1. The molecule has 0 fully saturated rings. The summed E-state index contributed by atoms with van der Waals surface area (Å²) in [5.74, 6) is 1.26. The van der Waals surface area contributed by atoms with Crippen LogP contribution in [0.2, 0.25) is 0 Å². The molecule has 0 aliphatic rings. The molecule has 17 heavy (non-hydrogen) atoms. The molecule has 0 spiro atoms. The Morgan fingerprint density at radius 1 is 1.35 bits per heavy atom. The lowest BCUT2D eigenvalue weighted by atomic mass is 10.3. The summed E-state index contributed by atoms with van der Waals surface area (Å²) < 4.78 is 10.3. The molecule has 0 heterocycles. The van der Waals surface area contributed by atoms with E-state index < -0.39 is 0 Å². The lowest BCUT2D eigenvalue weighted by molar-refractivity contribution is -0.123. The third-order valence-electron chi connectivity index (χ3n) is 2.10. The summed E-state index contributed by atoms with van der Waals surface area (Å²) in [5.41, 5.74) is 0. The van der Waals surface area contributed by atoms with Crippen molar-refractivity contribution in [3.8, 4) is 11.5 Å². The van der Waals surface area contributed by atoms with E-state index in [4.69, 9.17) is 9.47 Å². The van der Waals surface area contributed by atoms with Crippen LogP contribution in [0.25, 0.3) is 0 Å². The van der Waals surface area contributed by atoms with Gasteiger partial charge in [-0.25, -0.2) is 0 Å². The van der Waals surface area contributed by atoms with Crippen molar-refractivity contribution < 1.29 is 14.3 Å². The Morgan fingerprint density at radius 2 is 2.00 bits per heavy atom. The van der Waals surface area contributed by atoms with E-state index in [9.17, 15) is 4.79 Å². The second-order valence-corrected chi connectivity index (χ2v) is 3.39. The maximum Gasteiger partial charge on any atom is 0.257 e. The number of benzene rings is 1. The molecule has 1 aromatic rings. The Morgan fingerprint density at radius 3 is 2.59 bits per heavy atom. The molecule has 0 saturated carbocycles. The molecule has 0 saturated heterocycles. The zero-order valence-electron chi connectivity index (χ0n) is 9.94. The van der Waals surface area contributed by atoms with Crippen LogP contribution in [0, 0.1) is 0 Å². The van der Waals surface area contributed by atoms with E-state index in [2.05, 4.69) is 11.9 Å². The molecule has 1 amide bonds. The van der Waals surface area contributed by atoms with Gasteiger partial charge >= 0.3 is 0 Å². The van der Waals surface area contributed by atoms with E-state index >= 15 is 0 Å². The van der Waals surface area contributed by atoms with Gasteiger partial charge in [0, 0.05) is 6.54 Å². The van der Waals surface area contributed by atoms with E-state index in [0.717, 1.165) is 12.2 Å². The summed E-state index contributed by atoms with van der Waals surface area (Å²) in [6, 6.07) is 7.08. The van der Waals surface area contributed by atoms with Gasteiger partial charge in [0.05, 0.1) is 7.11 Å². The Bertz CT molecular complexity index is 359. The second-order valence-electron chi connectivity index (χ2n) is 3.39. The van der Waals surface area contributed by atoms with Crippen LogP contribution in [0.5, 0.6) is 11.5 Å². The van der Waals surface area contributed by atoms with E-state index in [-0.39, 0.29) is 12.5 Å². The molecule has 4 heteroatoms. The van der Waals surface area contributed by atoms with Gasteiger partial charge in [0.25, 0.3) is 5.91 Å². The van der Waals surface area contributed by atoms with E-state index in [1.54, 1.807) is 37.5 Å². The molecule has 0 radical (unpaired) electrons. The fourth-order valence-corrected chi connectivity index (χ4v) is 1.19. The third-order valence-corrected chi connectivity index (χ3v) is 2.10. The molecular formula is C13H17NO3. The van der Waals surface area contributed by atoms with Crippen molar-refractivity contribution in [1.82, 2.24) is 5.32 Å². The number of methoxy groups -OCH3 is 1. The lowest BCUT2D eigenvalue weighted by Crippen LogP contribution is -2.29. The quantitative estimate of drug-likeness (QED) is 0.578. The Labute approximate surface area is 101 Å². The minimum absolute atomic E-state index is 0.0173. The molecule has 1 N–H and O–H groups in total. The molecule has 0 atom stereocenters. The van der Waals surface area contributed by atoms with Gasteiger partial charge in [-0.15, -0.1) is 6.58 Å². The van der Waals surface area contributed by atoms with Crippen LogP contribution < -0.4 is 14.8 Å². The predicted octanol–water partition coefficient (Wildman–Crippen LogP) is 1.77. The molecule has 0 bridgehead atoms. The summed E-state index contributed by atoms with van der Waals surface area (Å²) in [4.78, 5) is 11.3. The van der Waals surface area contributed by atoms with Crippen LogP contribution in [-0.4, -0.2) is 26.2 Å². The van der Waals surface area contributed by atoms with Crippen molar-refractivity contribution in [2.75, 3.05) is 20.3 Å². The number of carbonyl (C=O) groups excluding carboxylic acids is 1. The van der Waals surface area contributed by atoms with Gasteiger partial charge in [-0.3, -0.25) is 4.79 Å². The maximum atomic E-state index is 11.3. The van der Waals surface area contributed by atoms with Crippen molar-refractivity contribution in [3.63, 3.8) is 0 Å². The van der Waals surface area contributed by atoms with Crippen molar-refractivity contribution in [2.45, 2.75) is 6.42 Å². The van der Waals surface area contributed by atoms with E-state index in [0.29, 0.717) is 12.3 Å². The molecule has 1 aromatic carbocycles. The highest BCUT2D eigenvalue weighted by Gasteiger charge is 2.01. The average Bonchev–Trinajstić information content (AvgIpc) is 2.37. The number of hydrogen-bond acceptors (Lipinski definition) is 3. The number of hydrogen-bond donors (Lipinski definition) is 1. The number of carbonyl (C=O) groups is 1. The maximum absolute atomic E-state index is 11.3. The number of rotatable bonds is 7. The normalized spacial score (nSPS) is 9.47. The van der Waals surface area contributed by atoms with Crippen LogP contribution >= 0.6 is 0 Å². The Balaban J connectivity index is 2.29. The first-order valence-electron chi connectivity index (χ1n) is 5.40. The van der Waals surface area contributed by atoms with Crippen LogP contribution in [0.15, 0.2) is 36.9 Å². The molecule has 4 nitrogen and oxygen atoms in total. The summed E-state index contributed by atoms with van der Waals surface area (Å²) in [7, 11) is 1.60. The van der Waals surface area contributed by atoms with Crippen LogP contribution in [0.4, 0.5) is 0 Å². The van der Waals surface area contributed by atoms with Gasteiger partial charge < -0.3 is 14.8 Å². The molecule has 0 aliphatic heterocycles. The first kappa shape index (κ1) is 13.1. The number of ether oxygens (including phenoxy) is 2. The second kappa shape index (κ2) is 7.33. The minimum Gasteiger partial charge on any atom is -0.497 e. The summed E-state index contributed by atoms with van der Waals surface area (Å²) >= 11 is 0. The Hall–Kier alpha value is -1.97. The van der Waals surface area contributed by atoms with Gasteiger partial charge in [-0.2, -0.15) is 0 Å². The summed E-state index contributed by atoms with van der Waals surface area (Å²) in [5, 5.41) is 2.72. The number of nitrogens with one attached hydrogen (secondary N) is 1. The zero-order valence-corrected chi connectivity index (χ0v) is 9.94. The highest BCUT2D eigenvalue weighted by Crippen LogP contribution is 2.16. The van der Waals surface area contributed by atoms with E-state index in [1.165, 1.54) is 0 Å². The third kappa shape index (κ3) is 5.06. The average molecular weight is 235 g/mol. The van der Waals surface area contributed by atoms with Crippen molar-refractivity contribution in [1.29, 1.82) is 0 Å². The van der Waals surface area contributed by atoms with Crippen LogP contribution in [-0.2, 0) is 4.79 Å². The largest absolute Gasteiger partial charge is 0.497 e. The summed E-state index contributed by atoms with van der Waals surface area (Å²) in [6.45, 7) is 4.18. The topological polar surface area (TPSA) is 47.6 Å². The molecular weight excluding hydrogens is 218 g/mol. The summed E-state index contributed by atoms with van der Waals surface area (Å²) in [6.07, 6.45) is 2.51. The zero-order chi connectivity index (χ0) is 12.5.